The fourth-order valence-corrected chi connectivity index (χ4v) is 4.27. The van der Waals surface area contributed by atoms with E-state index in [0.29, 0.717) is 12.1 Å². The number of anilines is 1. The fourth-order valence-electron chi connectivity index (χ4n) is 4.27. The predicted molar refractivity (Wildman–Crippen MR) is 80.1 cm³/mol. The normalized spacial score (nSPS) is 29.7. The summed E-state index contributed by atoms with van der Waals surface area (Å²) < 4.78 is 0. The predicted octanol–water partition coefficient (Wildman–Crippen LogP) is 2.08. The zero-order valence-corrected chi connectivity index (χ0v) is 12.1. The topological polar surface area (TPSA) is 41.1 Å². The van der Waals surface area contributed by atoms with Crippen molar-refractivity contribution in [2.45, 2.75) is 63.5 Å². The van der Waals surface area contributed by atoms with Crippen LogP contribution < -0.4 is 10.2 Å². The molecule has 108 valence electrons. The van der Waals surface area contributed by atoms with Crippen LogP contribution in [0, 0.1) is 0 Å². The van der Waals surface area contributed by atoms with E-state index in [4.69, 9.17) is 0 Å². The number of nitrogens with one attached hydrogen (secondary N) is 1. The minimum atomic E-state index is 0.651. The summed E-state index contributed by atoms with van der Waals surface area (Å²) in [6, 6.07) is 1.32. The number of nitrogens with zero attached hydrogens (tertiary/aromatic N) is 3. The maximum absolute atomic E-state index is 4.68. The first-order valence-electron chi connectivity index (χ1n) is 8.26. The molecular weight excluding hydrogens is 248 g/mol. The van der Waals surface area contributed by atoms with Gasteiger partial charge in [0.15, 0.2) is 0 Å². The molecule has 2 atom stereocenters. The highest BCUT2D eigenvalue weighted by molar-refractivity contribution is 5.51. The van der Waals surface area contributed by atoms with Crippen LogP contribution in [-0.4, -0.2) is 35.1 Å². The third kappa shape index (κ3) is 2.10. The Hall–Kier alpha value is -1.16. The summed E-state index contributed by atoms with van der Waals surface area (Å²) >= 11 is 0. The Morgan fingerprint density at radius 3 is 2.90 bits per heavy atom. The molecule has 4 heteroatoms. The van der Waals surface area contributed by atoms with E-state index in [2.05, 4.69) is 20.2 Å². The molecule has 2 saturated heterocycles. The molecule has 0 spiro atoms. The summed E-state index contributed by atoms with van der Waals surface area (Å²) in [5.74, 6) is 1.26. The molecular formula is C16H24N4. The lowest BCUT2D eigenvalue weighted by Crippen LogP contribution is -2.44. The van der Waals surface area contributed by atoms with Crippen molar-refractivity contribution in [3.8, 4) is 0 Å². The average molecular weight is 272 g/mol. The van der Waals surface area contributed by atoms with Crippen molar-refractivity contribution in [2.75, 3.05) is 18.0 Å². The molecule has 0 radical (unpaired) electrons. The lowest BCUT2D eigenvalue weighted by Gasteiger charge is -2.32. The third-order valence-corrected chi connectivity index (χ3v) is 5.24. The first-order chi connectivity index (χ1) is 9.93. The SMILES string of the molecule is c1nc2c(c(N3CCCC3C3CCCN3)n1)CCCC2. The van der Waals surface area contributed by atoms with E-state index in [1.54, 1.807) is 6.33 Å². The Morgan fingerprint density at radius 2 is 2.00 bits per heavy atom. The van der Waals surface area contributed by atoms with Crippen LogP contribution >= 0.6 is 0 Å². The highest BCUT2D eigenvalue weighted by Crippen LogP contribution is 2.33. The Balaban J connectivity index is 1.65. The van der Waals surface area contributed by atoms with E-state index in [9.17, 15) is 0 Å². The van der Waals surface area contributed by atoms with Gasteiger partial charge in [0.2, 0.25) is 0 Å². The van der Waals surface area contributed by atoms with Crippen LogP contribution in [0.25, 0.3) is 0 Å². The van der Waals surface area contributed by atoms with Gasteiger partial charge in [-0.3, -0.25) is 0 Å². The van der Waals surface area contributed by atoms with E-state index >= 15 is 0 Å². The first-order valence-corrected chi connectivity index (χ1v) is 8.26. The zero-order chi connectivity index (χ0) is 13.4. The Bertz CT molecular complexity index is 481. The summed E-state index contributed by atoms with van der Waals surface area (Å²) in [6.07, 6.45) is 12.0. The van der Waals surface area contributed by atoms with Crippen LogP contribution in [-0.2, 0) is 12.8 Å². The zero-order valence-electron chi connectivity index (χ0n) is 12.1. The minimum absolute atomic E-state index is 0.651. The molecule has 1 aliphatic carbocycles. The van der Waals surface area contributed by atoms with E-state index in [1.807, 2.05) is 0 Å². The van der Waals surface area contributed by atoms with Gasteiger partial charge in [0.1, 0.15) is 12.1 Å². The van der Waals surface area contributed by atoms with Crippen LogP contribution in [0.3, 0.4) is 0 Å². The first kappa shape index (κ1) is 12.6. The van der Waals surface area contributed by atoms with Gasteiger partial charge in [-0.25, -0.2) is 9.97 Å². The van der Waals surface area contributed by atoms with Gasteiger partial charge in [0, 0.05) is 29.9 Å². The molecule has 2 unspecified atom stereocenters. The number of aryl methyl sites for hydroxylation is 1. The molecule has 2 fully saturated rings. The largest absolute Gasteiger partial charge is 0.352 e. The third-order valence-electron chi connectivity index (χ3n) is 5.24. The second kappa shape index (κ2) is 5.32. The van der Waals surface area contributed by atoms with E-state index in [-0.39, 0.29) is 0 Å². The molecule has 0 amide bonds. The van der Waals surface area contributed by atoms with Crippen molar-refractivity contribution in [2.24, 2.45) is 0 Å². The molecule has 3 aliphatic rings. The van der Waals surface area contributed by atoms with Gasteiger partial charge in [-0.15, -0.1) is 0 Å². The van der Waals surface area contributed by atoms with E-state index in [0.717, 1.165) is 6.42 Å². The Morgan fingerprint density at radius 1 is 1.05 bits per heavy atom. The Labute approximate surface area is 121 Å². The second-order valence-electron chi connectivity index (χ2n) is 6.44. The van der Waals surface area contributed by atoms with E-state index in [1.165, 1.54) is 75.1 Å². The van der Waals surface area contributed by atoms with Crippen molar-refractivity contribution in [1.82, 2.24) is 15.3 Å². The van der Waals surface area contributed by atoms with Crippen molar-refractivity contribution < 1.29 is 0 Å². The maximum atomic E-state index is 4.68. The monoisotopic (exact) mass is 272 g/mol. The van der Waals surface area contributed by atoms with Crippen LogP contribution in [0.2, 0.25) is 0 Å². The molecule has 1 aromatic rings. The summed E-state index contributed by atoms with van der Waals surface area (Å²) in [5, 5.41) is 3.69. The fraction of sp³-hybridized carbons (Fsp3) is 0.750. The summed E-state index contributed by atoms with van der Waals surface area (Å²) in [7, 11) is 0. The van der Waals surface area contributed by atoms with Crippen LogP contribution in [0.15, 0.2) is 6.33 Å². The van der Waals surface area contributed by atoms with Crippen molar-refractivity contribution in [1.29, 1.82) is 0 Å². The molecule has 4 nitrogen and oxygen atoms in total. The second-order valence-corrected chi connectivity index (χ2v) is 6.44. The quantitative estimate of drug-likeness (QED) is 0.895. The maximum Gasteiger partial charge on any atom is 0.135 e. The highest BCUT2D eigenvalue weighted by atomic mass is 15.3. The highest BCUT2D eigenvalue weighted by Gasteiger charge is 2.35. The molecule has 4 rings (SSSR count). The van der Waals surface area contributed by atoms with Gasteiger partial charge in [-0.05, 0) is 57.9 Å². The number of hydrogen-bond acceptors (Lipinski definition) is 4. The lowest BCUT2D eigenvalue weighted by atomic mass is 9.95. The smallest absolute Gasteiger partial charge is 0.135 e. The molecule has 2 aliphatic heterocycles. The van der Waals surface area contributed by atoms with Gasteiger partial charge in [-0.1, -0.05) is 0 Å². The summed E-state index contributed by atoms with van der Waals surface area (Å²) in [6.45, 7) is 2.36. The van der Waals surface area contributed by atoms with Gasteiger partial charge >= 0.3 is 0 Å². The molecule has 20 heavy (non-hydrogen) atoms. The van der Waals surface area contributed by atoms with E-state index < -0.39 is 0 Å². The van der Waals surface area contributed by atoms with Gasteiger partial charge in [0.25, 0.3) is 0 Å². The molecule has 0 bridgehead atoms. The molecule has 0 aromatic carbocycles. The molecule has 1 aromatic heterocycles. The van der Waals surface area contributed by atoms with Crippen LogP contribution in [0.1, 0.15) is 49.8 Å². The number of rotatable bonds is 2. The van der Waals surface area contributed by atoms with Gasteiger partial charge in [0.05, 0.1) is 0 Å². The standard InChI is InChI=1S/C16H24N4/c1-2-6-13-12(5-1)16(19-11-18-13)20-10-4-8-15(20)14-7-3-9-17-14/h11,14-15,17H,1-10H2. The van der Waals surface area contributed by atoms with Crippen molar-refractivity contribution in [3.05, 3.63) is 17.6 Å². The summed E-state index contributed by atoms with van der Waals surface area (Å²) in [5.41, 5.74) is 2.76. The van der Waals surface area contributed by atoms with Crippen molar-refractivity contribution in [3.63, 3.8) is 0 Å². The number of hydrogen-bond donors (Lipinski definition) is 1. The average Bonchev–Trinajstić information content (AvgIpc) is 3.17. The van der Waals surface area contributed by atoms with Crippen LogP contribution in [0.5, 0.6) is 0 Å². The number of fused-ring (bicyclic) bond motifs is 1. The molecule has 3 heterocycles. The lowest BCUT2D eigenvalue weighted by molar-refractivity contribution is 0.479. The van der Waals surface area contributed by atoms with Gasteiger partial charge in [-0.2, -0.15) is 0 Å². The van der Waals surface area contributed by atoms with Crippen LogP contribution in [0.4, 0.5) is 5.82 Å². The summed E-state index contributed by atoms with van der Waals surface area (Å²) in [4.78, 5) is 11.8. The van der Waals surface area contributed by atoms with Crippen molar-refractivity contribution >= 4 is 5.82 Å². The minimum Gasteiger partial charge on any atom is -0.352 e. The van der Waals surface area contributed by atoms with Gasteiger partial charge < -0.3 is 10.2 Å². The Kier molecular flexibility index (Phi) is 3.34. The molecule has 1 N–H and O–H groups in total. The molecule has 0 saturated carbocycles. The number of aromatic nitrogens is 2.